The smallest absolute Gasteiger partial charge is 0.191 e. The summed E-state index contributed by atoms with van der Waals surface area (Å²) in [4.78, 5) is 4.54. The summed E-state index contributed by atoms with van der Waals surface area (Å²) in [6, 6.07) is 9.61. The minimum Gasteiger partial charge on any atom is -0.357 e. The van der Waals surface area contributed by atoms with Crippen molar-refractivity contribution in [3.8, 4) is 6.07 Å². The first kappa shape index (κ1) is 15.0. The summed E-state index contributed by atoms with van der Waals surface area (Å²) >= 11 is 0. The van der Waals surface area contributed by atoms with Crippen LogP contribution in [0.3, 0.4) is 0 Å². The van der Waals surface area contributed by atoms with Gasteiger partial charge in [0.15, 0.2) is 5.96 Å². The van der Waals surface area contributed by atoms with E-state index in [-0.39, 0.29) is 5.54 Å². The summed E-state index contributed by atoms with van der Waals surface area (Å²) in [6.45, 7) is 9.76. The fourth-order valence-electron chi connectivity index (χ4n) is 1.52. The monoisotopic (exact) mass is 258 g/mol. The molecule has 0 aliphatic carbocycles. The molecular formula is C15H22N4. The predicted octanol–water partition coefficient (Wildman–Crippen LogP) is 2.41. The van der Waals surface area contributed by atoms with Gasteiger partial charge < -0.3 is 10.6 Å². The lowest BCUT2D eigenvalue weighted by Gasteiger charge is -2.23. The van der Waals surface area contributed by atoms with Gasteiger partial charge in [-0.3, -0.25) is 0 Å². The van der Waals surface area contributed by atoms with E-state index in [0.29, 0.717) is 12.1 Å². The highest BCUT2D eigenvalue weighted by Gasteiger charge is 2.11. The van der Waals surface area contributed by atoms with Gasteiger partial charge in [0.05, 0.1) is 18.2 Å². The lowest BCUT2D eigenvalue weighted by Crippen LogP contribution is -2.47. The molecule has 0 heterocycles. The third kappa shape index (κ3) is 5.91. The van der Waals surface area contributed by atoms with Gasteiger partial charge >= 0.3 is 0 Å². The summed E-state index contributed by atoms with van der Waals surface area (Å²) in [6.07, 6.45) is 0. The van der Waals surface area contributed by atoms with Crippen molar-refractivity contribution < 1.29 is 0 Å². The Morgan fingerprint density at radius 1 is 1.26 bits per heavy atom. The number of rotatable bonds is 3. The maximum absolute atomic E-state index is 8.75. The number of nitrogens with one attached hydrogen (secondary N) is 2. The summed E-state index contributed by atoms with van der Waals surface area (Å²) < 4.78 is 0. The molecule has 0 unspecified atom stereocenters. The maximum atomic E-state index is 8.75. The van der Waals surface area contributed by atoms with Gasteiger partial charge in [-0.25, -0.2) is 4.99 Å². The molecule has 1 aromatic rings. The van der Waals surface area contributed by atoms with Crippen LogP contribution in [0.2, 0.25) is 0 Å². The highest BCUT2D eigenvalue weighted by molar-refractivity contribution is 5.80. The van der Waals surface area contributed by atoms with Gasteiger partial charge in [-0.2, -0.15) is 5.26 Å². The third-order valence-electron chi connectivity index (χ3n) is 2.34. The van der Waals surface area contributed by atoms with Crippen LogP contribution in [0.15, 0.2) is 29.3 Å². The minimum atomic E-state index is -0.0222. The fraction of sp³-hybridized carbons (Fsp3) is 0.467. The van der Waals surface area contributed by atoms with Crippen LogP contribution in [0, 0.1) is 11.3 Å². The van der Waals surface area contributed by atoms with Gasteiger partial charge in [0.1, 0.15) is 0 Å². The first-order chi connectivity index (χ1) is 8.94. The van der Waals surface area contributed by atoms with E-state index in [4.69, 9.17) is 5.26 Å². The normalized spacial score (nSPS) is 11.8. The Morgan fingerprint density at radius 2 is 1.89 bits per heavy atom. The molecule has 1 aromatic carbocycles. The third-order valence-corrected chi connectivity index (χ3v) is 2.34. The van der Waals surface area contributed by atoms with E-state index in [1.165, 1.54) is 0 Å². The molecule has 0 saturated carbocycles. The molecule has 4 heteroatoms. The van der Waals surface area contributed by atoms with Crippen LogP contribution in [0.4, 0.5) is 0 Å². The number of nitrogens with zero attached hydrogens (tertiary/aromatic N) is 2. The van der Waals surface area contributed by atoms with Gasteiger partial charge in [-0.15, -0.1) is 0 Å². The molecule has 0 bridgehead atoms. The Kier molecular flexibility index (Phi) is 5.37. The van der Waals surface area contributed by atoms with Crippen molar-refractivity contribution in [3.05, 3.63) is 35.4 Å². The minimum absolute atomic E-state index is 0.0222. The molecule has 0 amide bonds. The number of nitriles is 1. The van der Waals surface area contributed by atoms with E-state index < -0.39 is 0 Å². The van der Waals surface area contributed by atoms with Crippen LogP contribution in [0.25, 0.3) is 0 Å². The molecular weight excluding hydrogens is 236 g/mol. The second-order valence-corrected chi connectivity index (χ2v) is 5.38. The largest absolute Gasteiger partial charge is 0.357 e. The molecule has 2 N–H and O–H groups in total. The number of guanidine groups is 1. The molecule has 0 aliphatic heterocycles. The molecule has 102 valence electrons. The fourth-order valence-corrected chi connectivity index (χ4v) is 1.52. The molecule has 0 radical (unpaired) electrons. The van der Waals surface area contributed by atoms with Crippen LogP contribution in [-0.4, -0.2) is 18.0 Å². The van der Waals surface area contributed by atoms with Crippen LogP contribution < -0.4 is 10.6 Å². The van der Waals surface area contributed by atoms with Crippen molar-refractivity contribution in [1.82, 2.24) is 10.6 Å². The molecule has 1 rings (SSSR count). The van der Waals surface area contributed by atoms with E-state index in [2.05, 4.69) is 42.5 Å². The molecule has 0 fully saturated rings. The average Bonchev–Trinajstić information content (AvgIpc) is 2.35. The van der Waals surface area contributed by atoms with Crippen molar-refractivity contribution in [3.63, 3.8) is 0 Å². The standard InChI is InChI=1S/C15H22N4/c1-5-17-14(19-15(2,3)4)18-11-13-8-6-12(10-16)7-9-13/h6-9H,5,11H2,1-4H3,(H2,17,18,19). The SMILES string of the molecule is CCNC(=NCc1ccc(C#N)cc1)NC(C)(C)C. The van der Waals surface area contributed by atoms with Gasteiger partial charge in [0.25, 0.3) is 0 Å². The van der Waals surface area contributed by atoms with Crippen molar-refractivity contribution in [2.24, 2.45) is 4.99 Å². The van der Waals surface area contributed by atoms with E-state index in [1.807, 2.05) is 31.2 Å². The Morgan fingerprint density at radius 3 is 2.37 bits per heavy atom. The lowest BCUT2D eigenvalue weighted by molar-refractivity contribution is 0.501. The molecule has 19 heavy (non-hydrogen) atoms. The highest BCUT2D eigenvalue weighted by Crippen LogP contribution is 2.05. The van der Waals surface area contributed by atoms with E-state index in [0.717, 1.165) is 18.1 Å². The maximum Gasteiger partial charge on any atom is 0.191 e. The summed E-state index contributed by atoms with van der Waals surface area (Å²) in [5.74, 6) is 0.805. The average molecular weight is 258 g/mol. The molecule has 0 saturated heterocycles. The van der Waals surface area contributed by atoms with E-state index in [1.54, 1.807) is 0 Å². The number of aliphatic imine (C=N–C) groups is 1. The molecule has 0 atom stereocenters. The Hall–Kier alpha value is -2.02. The summed E-state index contributed by atoms with van der Waals surface area (Å²) in [7, 11) is 0. The number of hydrogen-bond donors (Lipinski definition) is 2. The highest BCUT2D eigenvalue weighted by atomic mass is 15.2. The van der Waals surface area contributed by atoms with Gasteiger partial charge in [-0.05, 0) is 45.4 Å². The zero-order valence-corrected chi connectivity index (χ0v) is 12.1. The van der Waals surface area contributed by atoms with Crippen LogP contribution in [-0.2, 0) is 6.54 Å². The second kappa shape index (κ2) is 6.79. The lowest BCUT2D eigenvalue weighted by atomic mass is 10.1. The van der Waals surface area contributed by atoms with Crippen LogP contribution >= 0.6 is 0 Å². The molecule has 0 aliphatic rings. The second-order valence-electron chi connectivity index (χ2n) is 5.38. The van der Waals surface area contributed by atoms with Gasteiger partial charge in [-0.1, -0.05) is 12.1 Å². The van der Waals surface area contributed by atoms with E-state index in [9.17, 15) is 0 Å². The Labute approximate surface area is 115 Å². The van der Waals surface area contributed by atoms with Crippen molar-refractivity contribution in [1.29, 1.82) is 5.26 Å². The predicted molar refractivity (Wildman–Crippen MR) is 78.9 cm³/mol. The zero-order valence-electron chi connectivity index (χ0n) is 12.1. The first-order valence-corrected chi connectivity index (χ1v) is 6.50. The molecule has 0 aromatic heterocycles. The first-order valence-electron chi connectivity index (χ1n) is 6.50. The van der Waals surface area contributed by atoms with Crippen molar-refractivity contribution in [2.45, 2.75) is 39.8 Å². The Balaban J connectivity index is 2.71. The summed E-state index contributed by atoms with van der Waals surface area (Å²) in [5.41, 5.74) is 1.74. The van der Waals surface area contributed by atoms with Gasteiger partial charge in [0.2, 0.25) is 0 Å². The number of hydrogen-bond acceptors (Lipinski definition) is 2. The van der Waals surface area contributed by atoms with Crippen LogP contribution in [0.5, 0.6) is 0 Å². The van der Waals surface area contributed by atoms with Gasteiger partial charge in [0, 0.05) is 12.1 Å². The Bertz CT molecular complexity index is 460. The summed E-state index contributed by atoms with van der Waals surface area (Å²) in [5, 5.41) is 15.3. The molecule has 0 spiro atoms. The van der Waals surface area contributed by atoms with Crippen molar-refractivity contribution >= 4 is 5.96 Å². The quantitative estimate of drug-likeness (QED) is 0.646. The van der Waals surface area contributed by atoms with Crippen molar-refractivity contribution in [2.75, 3.05) is 6.54 Å². The topological polar surface area (TPSA) is 60.2 Å². The molecule has 4 nitrogen and oxygen atoms in total. The zero-order chi connectivity index (χ0) is 14.3. The number of benzene rings is 1. The van der Waals surface area contributed by atoms with E-state index >= 15 is 0 Å². The van der Waals surface area contributed by atoms with Crippen LogP contribution in [0.1, 0.15) is 38.8 Å².